The molecule has 1 aromatic rings. The zero-order valence-electron chi connectivity index (χ0n) is 12.6. The second kappa shape index (κ2) is 9.93. The number of likely N-dealkylation sites (N-methyl/N-ethyl adjacent to an activating group) is 1. The summed E-state index contributed by atoms with van der Waals surface area (Å²) in [6.45, 7) is 9.04. The van der Waals surface area contributed by atoms with Crippen molar-refractivity contribution >= 4 is 0 Å². The van der Waals surface area contributed by atoms with Crippen LogP contribution in [0, 0.1) is 0 Å². The van der Waals surface area contributed by atoms with Crippen LogP contribution in [0.4, 0.5) is 0 Å². The first-order valence-corrected chi connectivity index (χ1v) is 7.55. The summed E-state index contributed by atoms with van der Waals surface area (Å²) in [5.74, 6) is 0. The van der Waals surface area contributed by atoms with E-state index in [2.05, 4.69) is 36.3 Å². The molecule has 108 valence electrons. The number of pyridine rings is 1. The van der Waals surface area contributed by atoms with Gasteiger partial charge in [0.25, 0.3) is 0 Å². The van der Waals surface area contributed by atoms with Gasteiger partial charge < -0.3 is 10.1 Å². The highest BCUT2D eigenvalue weighted by molar-refractivity contribution is 5.14. The van der Waals surface area contributed by atoms with Crippen LogP contribution in [-0.4, -0.2) is 30.8 Å². The second-order valence-corrected chi connectivity index (χ2v) is 4.81. The predicted octanol–water partition coefficient (Wildman–Crippen LogP) is 2.98. The van der Waals surface area contributed by atoms with Gasteiger partial charge in [0.05, 0.1) is 0 Å². The highest BCUT2D eigenvalue weighted by Gasteiger charge is 2.09. The molecule has 19 heavy (non-hydrogen) atoms. The van der Waals surface area contributed by atoms with Crippen LogP contribution in [0.2, 0.25) is 0 Å². The molecule has 1 rings (SSSR count). The lowest BCUT2D eigenvalue weighted by atomic mass is 10.0. The van der Waals surface area contributed by atoms with Crippen molar-refractivity contribution in [2.24, 2.45) is 0 Å². The lowest BCUT2D eigenvalue weighted by molar-refractivity contribution is 0.140. The van der Waals surface area contributed by atoms with E-state index in [0.29, 0.717) is 6.04 Å². The van der Waals surface area contributed by atoms with Gasteiger partial charge in [-0.2, -0.15) is 0 Å². The van der Waals surface area contributed by atoms with Gasteiger partial charge in [0, 0.05) is 37.6 Å². The maximum Gasteiger partial charge on any atom is 0.0466 e. The Bertz CT molecular complexity index is 324. The third kappa shape index (κ3) is 6.69. The molecule has 0 saturated carbocycles. The standard InChI is InChI=1S/C16H28N2O/c1-4-14-9-10-16(18-13-14)12-15(17-5-2)8-7-11-19-6-3/h9-10,13,15,17H,4-8,11-12H2,1-3H3. The van der Waals surface area contributed by atoms with Crippen molar-refractivity contribution in [1.82, 2.24) is 10.3 Å². The van der Waals surface area contributed by atoms with Crippen LogP contribution >= 0.6 is 0 Å². The van der Waals surface area contributed by atoms with Gasteiger partial charge >= 0.3 is 0 Å². The highest BCUT2D eigenvalue weighted by atomic mass is 16.5. The Balaban J connectivity index is 2.42. The van der Waals surface area contributed by atoms with E-state index >= 15 is 0 Å². The lowest BCUT2D eigenvalue weighted by Crippen LogP contribution is -2.31. The third-order valence-electron chi connectivity index (χ3n) is 3.29. The molecule has 3 heteroatoms. The third-order valence-corrected chi connectivity index (χ3v) is 3.29. The Morgan fingerprint density at radius 1 is 1.26 bits per heavy atom. The number of aromatic nitrogens is 1. The summed E-state index contributed by atoms with van der Waals surface area (Å²) in [6, 6.07) is 4.85. The zero-order valence-corrected chi connectivity index (χ0v) is 12.6. The maximum atomic E-state index is 5.40. The van der Waals surface area contributed by atoms with Crippen LogP contribution in [0.3, 0.4) is 0 Å². The molecule has 0 fully saturated rings. The van der Waals surface area contributed by atoms with Crippen molar-refractivity contribution in [2.75, 3.05) is 19.8 Å². The number of nitrogens with zero attached hydrogens (tertiary/aromatic N) is 1. The molecule has 0 aliphatic carbocycles. The van der Waals surface area contributed by atoms with Crippen molar-refractivity contribution in [3.05, 3.63) is 29.6 Å². The van der Waals surface area contributed by atoms with Gasteiger partial charge in [-0.1, -0.05) is 19.9 Å². The van der Waals surface area contributed by atoms with E-state index in [0.717, 1.165) is 45.4 Å². The minimum atomic E-state index is 0.505. The summed E-state index contributed by atoms with van der Waals surface area (Å²) in [5, 5.41) is 3.54. The maximum absolute atomic E-state index is 5.40. The molecule has 0 aromatic carbocycles. The minimum absolute atomic E-state index is 0.505. The molecule has 0 aliphatic rings. The van der Waals surface area contributed by atoms with Crippen LogP contribution < -0.4 is 5.32 Å². The molecule has 0 bridgehead atoms. The molecule has 0 amide bonds. The second-order valence-electron chi connectivity index (χ2n) is 4.81. The van der Waals surface area contributed by atoms with Gasteiger partial charge in [-0.3, -0.25) is 4.98 Å². The zero-order chi connectivity index (χ0) is 13.9. The normalized spacial score (nSPS) is 12.6. The molecule has 0 radical (unpaired) electrons. The van der Waals surface area contributed by atoms with E-state index in [1.165, 1.54) is 11.3 Å². The summed E-state index contributed by atoms with van der Waals surface area (Å²) in [4.78, 5) is 4.54. The van der Waals surface area contributed by atoms with E-state index < -0.39 is 0 Å². The van der Waals surface area contributed by atoms with Gasteiger partial charge in [0.15, 0.2) is 0 Å². The van der Waals surface area contributed by atoms with E-state index in [1.54, 1.807) is 0 Å². The van der Waals surface area contributed by atoms with Crippen LogP contribution in [0.15, 0.2) is 18.3 Å². The number of hydrogen-bond donors (Lipinski definition) is 1. The molecule has 0 aliphatic heterocycles. The lowest BCUT2D eigenvalue weighted by Gasteiger charge is -2.17. The van der Waals surface area contributed by atoms with Crippen molar-refractivity contribution in [1.29, 1.82) is 0 Å². The van der Waals surface area contributed by atoms with Gasteiger partial charge in [0.1, 0.15) is 0 Å². The Labute approximate surface area is 117 Å². The molecule has 1 heterocycles. The first-order valence-electron chi connectivity index (χ1n) is 7.55. The topological polar surface area (TPSA) is 34.1 Å². The quantitative estimate of drug-likeness (QED) is 0.660. The SMILES string of the molecule is CCNC(CCCOCC)Cc1ccc(CC)cn1. The fourth-order valence-corrected chi connectivity index (χ4v) is 2.18. The molecule has 3 nitrogen and oxygen atoms in total. The average Bonchev–Trinajstić information content (AvgIpc) is 2.44. The summed E-state index contributed by atoms with van der Waals surface area (Å²) < 4.78 is 5.40. The molecule has 1 aromatic heterocycles. The summed E-state index contributed by atoms with van der Waals surface area (Å²) >= 11 is 0. The Morgan fingerprint density at radius 2 is 2.11 bits per heavy atom. The summed E-state index contributed by atoms with van der Waals surface area (Å²) in [6.07, 6.45) is 6.31. The predicted molar refractivity (Wildman–Crippen MR) is 80.5 cm³/mol. The number of hydrogen-bond acceptors (Lipinski definition) is 3. The molecular weight excluding hydrogens is 236 g/mol. The number of ether oxygens (including phenoxy) is 1. The monoisotopic (exact) mass is 264 g/mol. The minimum Gasteiger partial charge on any atom is -0.382 e. The molecule has 0 saturated heterocycles. The fourth-order valence-electron chi connectivity index (χ4n) is 2.18. The number of aryl methyl sites for hydroxylation is 1. The molecule has 1 unspecified atom stereocenters. The van der Waals surface area contributed by atoms with Crippen molar-refractivity contribution in [2.45, 2.75) is 52.5 Å². The average molecular weight is 264 g/mol. The number of rotatable bonds is 10. The summed E-state index contributed by atoms with van der Waals surface area (Å²) in [7, 11) is 0. The van der Waals surface area contributed by atoms with Crippen LogP contribution in [0.1, 0.15) is 44.9 Å². The largest absolute Gasteiger partial charge is 0.382 e. The van der Waals surface area contributed by atoms with Gasteiger partial charge in [-0.05, 0) is 44.4 Å². The van der Waals surface area contributed by atoms with Crippen molar-refractivity contribution < 1.29 is 4.74 Å². The fraction of sp³-hybridized carbons (Fsp3) is 0.688. The van der Waals surface area contributed by atoms with Crippen LogP contribution in [-0.2, 0) is 17.6 Å². The number of nitrogens with one attached hydrogen (secondary N) is 1. The van der Waals surface area contributed by atoms with E-state index in [9.17, 15) is 0 Å². The first-order chi connectivity index (χ1) is 9.30. The van der Waals surface area contributed by atoms with Gasteiger partial charge in [-0.25, -0.2) is 0 Å². The van der Waals surface area contributed by atoms with E-state index in [1.807, 2.05) is 13.1 Å². The van der Waals surface area contributed by atoms with Crippen LogP contribution in [0.25, 0.3) is 0 Å². The van der Waals surface area contributed by atoms with Crippen LogP contribution in [0.5, 0.6) is 0 Å². The van der Waals surface area contributed by atoms with E-state index in [4.69, 9.17) is 4.74 Å². The van der Waals surface area contributed by atoms with E-state index in [-0.39, 0.29) is 0 Å². The Kier molecular flexibility index (Phi) is 8.43. The molecule has 1 atom stereocenters. The van der Waals surface area contributed by atoms with Crippen molar-refractivity contribution in [3.63, 3.8) is 0 Å². The highest BCUT2D eigenvalue weighted by Crippen LogP contribution is 2.07. The van der Waals surface area contributed by atoms with Gasteiger partial charge in [0.2, 0.25) is 0 Å². The molecule has 0 spiro atoms. The smallest absolute Gasteiger partial charge is 0.0466 e. The van der Waals surface area contributed by atoms with Gasteiger partial charge in [-0.15, -0.1) is 0 Å². The first kappa shape index (κ1) is 16.1. The molecular formula is C16H28N2O. The Morgan fingerprint density at radius 3 is 2.68 bits per heavy atom. The van der Waals surface area contributed by atoms with Crippen molar-refractivity contribution in [3.8, 4) is 0 Å². The Hall–Kier alpha value is -0.930. The summed E-state index contributed by atoms with van der Waals surface area (Å²) in [5.41, 5.74) is 2.49. The molecule has 1 N–H and O–H groups in total.